The Labute approximate surface area is 239 Å². The van der Waals surface area contributed by atoms with Crippen molar-refractivity contribution in [2.24, 2.45) is 0 Å². The van der Waals surface area contributed by atoms with Crippen LogP contribution < -0.4 is 4.90 Å². The van der Waals surface area contributed by atoms with E-state index in [-0.39, 0.29) is 17.3 Å². The third-order valence-electron chi connectivity index (χ3n) is 7.10. The zero-order valence-electron chi connectivity index (χ0n) is 22.8. The van der Waals surface area contributed by atoms with E-state index in [4.69, 9.17) is 9.72 Å². The Kier molecular flexibility index (Phi) is 8.92. The Hall–Kier alpha value is -3.15. The van der Waals surface area contributed by atoms with Crippen LogP contribution in [0.5, 0.6) is 0 Å². The Morgan fingerprint density at radius 2 is 1.73 bits per heavy atom. The van der Waals surface area contributed by atoms with Crippen LogP contribution in [0.25, 0.3) is 10.2 Å². The molecule has 4 aromatic rings. The second kappa shape index (κ2) is 12.6. The fourth-order valence-electron chi connectivity index (χ4n) is 4.78. The van der Waals surface area contributed by atoms with Crippen molar-refractivity contribution in [2.75, 3.05) is 51.3 Å². The number of aromatic nitrogens is 1. The standard InChI is InChI=1S/C30H34N4O4S2/c1-23-8-6-11-27-28(23)31-30(39-27)34(17-7-16-33-18-20-38-21-19-33)29(35)25-12-14-26(15-13-25)40(36,37)32(2)22-24-9-4-3-5-10-24/h3-6,8-15H,7,16-22H2,1-2H3. The first-order chi connectivity index (χ1) is 19.3. The molecule has 5 rings (SSSR count). The Balaban J connectivity index is 1.36. The molecule has 0 unspecified atom stereocenters. The minimum atomic E-state index is -3.72. The van der Waals surface area contributed by atoms with Crippen molar-refractivity contribution >= 4 is 42.6 Å². The molecule has 1 aliphatic rings. The number of sulfonamides is 1. The monoisotopic (exact) mass is 578 g/mol. The van der Waals surface area contributed by atoms with Gasteiger partial charge in [-0.25, -0.2) is 13.4 Å². The Morgan fingerprint density at radius 3 is 2.42 bits per heavy atom. The predicted octanol–water partition coefficient (Wildman–Crippen LogP) is 4.79. The number of amides is 1. The molecule has 0 spiro atoms. The average Bonchev–Trinajstić information content (AvgIpc) is 3.41. The molecule has 0 atom stereocenters. The lowest BCUT2D eigenvalue weighted by Crippen LogP contribution is -2.39. The van der Waals surface area contributed by atoms with Crippen molar-refractivity contribution in [3.8, 4) is 0 Å². The number of anilines is 1. The summed E-state index contributed by atoms with van der Waals surface area (Å²) in [4.78, 5) is 22.9. The number of ether oxygens (including phenoxy) is 1. The van der Waals surface area contributed by atoms with E-state index in [0.717, 1.165) is 60.6 Å². The smallest absolute Gasteiger partial charge is 0.260 e. The van der Waals surface area contributed by atoms with Gasteiger partial charge in [0, 0.05) is 45.3 Å². The van der Waals surface area contributed by atoms with Gasteiger partial charge in [-0.15, -0.1) is 0 Å². The summed E-state index contributed by atoms with van der Waals surface area (Å²) in [6, 6.07) is 21.7. The predicted molar refractivity (Wildman–Crippen MR) is 159 cm³/mol. The zero-order chi connectivity index (χ0) is 28.1. The minimum Gasteiger partial charge on any atom is -0.379 e. The lowest BCUT2D eigenvalue weighted by Gasteiger charge is -2.27. The highest BCUT2D eigenvalue weighted by molar-refractivity contribution is 7.89. The lowest BCUT2D eigenvalue weighted by atomic mass is 10.2. The molecule has 0 radical (unpaired) electrons. The first-order valence-electron chi connectivity index (χ1n) is 13.4. The van der Waals surface area contributed by atoms with E-state index in [1.54, 1.807) is 24.1 Å². The van der Waals surface area contributed by atoms with E-state index in [0.29, 0.717) is 17.2 Å². The molecule has 2 heterocycles. The highest BCUT2D eigenvalue weighted by Gasteiger charge is 2.25. The lowest BCUT2D eigenvalue weighted by molar-refractivity contribution is 0.0376. The number of rotatable bonds is 10. The number of morpholine rings is 1. The van der Waals surface area contributed by atoms with E-state index in [1.807, 2.05) is 55.5 Å². The molecular weight excluding hydrogens is 544 g/mol. The second-order valence-electron chi connectivity index (χ2n) is 9.95. The summed E-state index contributed by atoms with van der Waals surface area (Å²) in [6.07, 6.45) is 0.789. The number of hydrogen-bond donors (Lipinski definition) is 0. The number of para-hydroxylation sites is 1. The molecule has 0 bridgehead atoms. The normalized spacial score (nSPS) is 14.6. The van der Waals surface area contributed by atoms with Crippen LogP contribution in [0, 0.1) is 6.92 Å². The molecule has 0 saturated carbocycles. The molecule has 10 heteroatoms. The first-order valence-corrected chi connectivity index (χ1v) is 15.7. The van der Waals surface area contributed by atoms with E-state index in [1.165, 1.54) is 27.8 Å². The van der Waals surface area contributed by atoms with Crippen molar-refractivity contribution in [3.05, 3.63) is 89.5 Å². The highest BCUT2D eigenvalue weighted by Crippen LogP contribution is 2.32. The van der Waals surface area contributed by atoms with Gasteiger partial charge in [0.2, 0.25) is 10.0 Å². The van der Waals surface area contributed by atoms with Gasteiger partial charge in [-0.2, -0.15) is 4.31 Å². The van der Waals surface area contributed by atoms with Crippen LogP contribution in [-0.2, 0) is 21.3 Å². The number of thiazole rings is 1. The molecular formula is C30H34N4O4S2. The van der Waals surface area contributed by atoms with Crippen LogP contribution in [0.3, 0.4) is 0 Å². The molecule has 40 heavy (non-hydrogen) atoms. The number of aryl methyl sites for hydroxylation is 1. The number of nitrogens with zero attached hydrogens (tertiary/aromatic N) is 4. The quantitative estimate of drug-likeness (QED) is 0.269. The maximum atomic E-state index is 13.8. The van der Waals surface area contributed by atoms with E-state index in [2.05, 4.69) is 4.90 Å². The number of fused-ring (bicyclic) bond motifs is 1. The summed E-state index contributed by atoms with van der Waals surface area (Å²) in [5.74, 6) is -0.194. The van der Waals surface area contributed by atoms with Crippen molar-refractivity contribution in [1.29, 1.82) is 0 Å². The van der Waals surface area contributed by atoms with E-state index >= 15 is 0 Å². The number of carbonyl (C=O) groups excluding carboxylic acids is 1. The van der Waals surface area contributed by atoms with Crippen molar-refractivity contribution < 1.29 is 17.9 Å². The highest BCUT2D eigenvalue weighted by atomic mass is 32.2. The number of carbonyl (C=O) groups is 1. The van der Waals surface area contributed by atoms with Gasteiger partial charge in [0.25, 0.3) is 5.91 Å². The molecule has 0 aliphatic carbocycles. The van der Waals surface area contributed by atoms with Gasteiger partial charge in [0.05, 0.1) is 28.3 Å². The maximum absolute atomic E-state index is 13.8. The van der Waals surface area contributed by atoms with Crippen LogP contribution in [-0.4, -0.2) is 75.0 Å². The third-order valence-corrected chi connectivity index (χ3v) is 9.96. The first kappa shape index (κ1) is 28.4. The summed E-state index contributed by atoms with van der Waals surface area (Å²) >= 11 is 1.50. The minimum absolute atomic E-state index is 0.150. The molecule has 1 aromatic heterocycles. The number of benzene rings is 3. The van der Waals surface area contributed by atoms with Gasteiger partial charge in [-0.05, 0) is 54.8 Å². The number of hydrogen-bond acceptors (Lipinski definition) is 7. The Morgan fingerprint density at radius 1 is 1.00 bits per heavy atom. The van der Waals surface area contributed by atoms with Gasteiger partial charge in [0.15, 0.2) is 5.13 Å². The zero-order valence-corrected chi connectivity index (χ0v) is 24.5. The van der Waals surface area contributed by atoms with Gasteiger partial charge < -0.3 is 4.74 Å². The van der Waals surface area contributed by atoms with Crippen molar-refractivity contribution in [2.45, 2.75) is 24.8 Å². The average molecular weight is 579 g/mol. The SMILES string of the molecule is Cc1cccc2sc(N(CCCN3CCOCC3)C(=O)c3ccc(S(=O)(=O)N(C)Cc4ccccc4)cc3)nc12. The topological polar surface area (TPSA) is 83.0 Å². The van der Waals surface area contributed by atoms with Gasteiger partial charge in [-0.3, -0.25) is 14.6 Å². The van der Waals surface area contributed by atoms with Crippen molar-refractivity contribution in [1.82, 2.24) is 14.2 Å². The summed E-state index contributed by atoms with van der Waals surface area (Å²) in [6.45, 7) is 6.90. The van der Waals surface area contributed by atoms with Crippen molar-refractivity contribution in [3.63, 3.8) is 0 Å². The third kappa shape index (κ3) is 6.42. The summed E-state index contributed by atoms with van der Waals surface area (Å²) < 4.78 is 34.2. The molecule has 1 saturated heterocycles. The Bertz CT molecular complexity index is 1550. The maximum Gasteiger partial charge on any atom is 0.260 e. The van der Waals surface area contributed by atoms with Crippen LogP contribution in [0.15, 0.2) is 77.7 Å². The van der Waals surface area contributed by atoms with Crippen LogP contribution in [0.2, 0.25) is 0 Å². The molecule has 1 aliphatic heterocycles. The fourth-order valence-corrected chi connectivity index (χ4v) is 7.01. The van der Waals surface area contributed by atoms with Crippen LogP contribution in [0.1, 0.15) is 27.9 Å². The summed E-state index contributed by atoms with van der Waals surface area (Å²) in [5.41, 5.74) is 3.29. The van der Waals surface area contributed by atoms with Crippen LogP contribution in [0.4, 0.5) is 5.13 Å². The molecule has 1 amide bonds. The second-order valence-corrected chi connectivity index (χ2v) is 13.0. The van der Waals surface area contributed by atoms with Crippen LogP contribution >= 0.6 is 11.3 Å². The molecule has 8 nitrogen and oxygen atoms in total. The van der Waals surface area contributed by atoms with E-state index < -0.39 is 10.0 Å². The fraction of sp³-hybridized carbons (Fsp3) is 0.333. The molecule has 3 aromatic carbocycles. The largest absolute Gasteiger partial charge is 0.379 e. The molecule has 0 N–H and O–H groups in total. The van der Waals surface area contributed by atoms with Gasteiger partial charge in [0.1, 0.15) is 0 Å². The molecule has 1 fully saturated rings. The molecule has 210 valence electrons. The van der Waals surface area contributed by atoms with E-state index in [9.17, 15) is 13.2 Å². The summed E-state index contributed by atoms with van der Waals surface area (Å²) in [5, 5.41) is 0.649. The van der Waals surface area contributed by atoms with Gasteiger partial charge in [-0.1, -0.05) is 53.8 Å². The van der Waals surface area contributed by atoms with Gasteiger partial charge >= 0.3 is 0 Å². The summed E-state index contributed by atoms with van der Waals surface area (Å²) in [7, 11) is -2.16.